The summed E-state index contributed by atoms with van der Waals surface area (Å²) in [5.74, 6) is -1.15. The number of rotatable bonds is 5. The minimum absolute atomic E-state index is 0.00804. The van der Waals surface area contributed by atoms with E-state index in [0.29, 0.717) is 6.54 Å². The van der Waals surface area contributed by atoms with Crippen molar-refractivity contribution in [3.63, 3.8) is 0 Å². The zero-order valence-corrected chi connectivity index (χ0v) is 18.5. The van der Waals surface area contributed by atoms with Crippen LogP contribution < -0.4 is 10.6 Å². The van der Waals surface area contributed by atoms with Gasteiger partial charge in [0.1, 0.15) is 4.83 Å². The molecule has 0 radical (unpaired) electrons. The summed E-state index contributed by atoms with van der Waals surface area (Å²) in [6.07, 6.45) is -4.72. The summed E-state index contributed by atoms with van der Waals surface area (Å²) in [5, 5.41) is 9.98. The normalized spacial score (nSPS) is 11.5. The fraction of sp³-hybridized carbons (Fsp3) is 0.174. The molecule has 170 valence electrons. The Kier molecular flexibility index (Phi) is 5.94. The molecule has 0 aliphatic carbocycles. The van der Waals surface area contributed by atoms with E-state index in [4.69, 9.17) is 0 Å². The molecule has 2 N–H and O–H groups in total. The maximum absolute atomic E-state index is 13.6. The lowest BCUT2D eigenvalue weighted by Gasteiger charge is -2.15. The molecule has 10 heteroatoms. The van der Waals surface area contributed by atoms with Crippen LogP contribution in [0, 0.1) is 6.92 Å². The second kappa shape index (κ2) is 8.70. The zero-order valence-electron chi connectivity index (χ0n) is 17.7. The molecule has 0 aliphatic rings. The fourth-order valence-corrected chi connectivity index (χ4v) is 4.50. The van der Waals surface area contributed by atoms with E-state index in [1.807, 2.05) is 37.3 Å². The van der Waals surface area contributed by atoms with E-state index in [-0.39, 0.29) is 16.3 Å². The first-order chi connectivity index (χ1) is 15.6. The number of aryl methyl sites for hydroxylation is 1. The number of aromatic nitrogens is 2. The maximum Gasteiger partial charge on any atom is 0.418 e. The van der Waals surface area contributed by atoms with Gasteiger partial charge >= 0.3 is 6.18 Å². The van der Waals surface area contributed by atoms with Crippen LogP contribution in [0.2, 0.25) is 0 Å². The number of halogens is 3. The van der Waals surface area contributed by atoms with Gasteiger partial charge in [0, 0.05) is 18.0 Å². The summed E-state index contributed by atoms with van der Waals surface area (Å²) < 4.78 is 42.5. The standard InChI is InChI=1S/C23H19F3N4O2S/c1-13-17-11-20(33-22(17)30(29-13)12-15-6-4-3-5-7-15)21(32)28-19-9-8-16(27-14(2)31)10-18(19)23(24,25)26/h3-11H,12H2,1-2H3,(H,27,31)(H,28,32). The van der Waals surface area contributed by atoms with Crippen LogP contribution in [0.3, 0.4) is 0 Å². The fourth-order valence-electron chi connectivity index (χ4n) is 3.44. The number of thiophene rings is 1. The third kappa shape index (κ3) is 4.90. The molecular formula is C23H19F3N4O2S. The van der Waals surface area contributed by atoms with Crippen LogP contribution in [-0.2, 0) is 17.5 Å². The molecule has 0 bridgehead atoms. The first kappa shape index (κ1) is 22.5. The van der Waals surface area contributed by atoms with Gasteiger partial charge in [-0.3, -0.25) is 14.3 Å². The van der Waals surface area contributed by atoms with Crippen molar-refractivity contribution in [2.75, 3.05) is 10.6 Å². The zero-order chi connectivity index (χ0) is 23.8. The van der Waals surface area contributed by atoms with Crippen LogP contribution in [0.25, 0.3) is 10.2 Å². The Morgan fingerprint density at radius 3 is 2.45 bits per heavy atom. The first-order valence-electron chi connectivity index (χ1n) is 9.93. The molecule has 0 atom stereocenters. The maximum atomic E-state index is 13.6. The van der Waals surface area contributed by atoms with Crippen LogP contribution in [0.4, 0.5) is 24.5 Å². The molecule has 2 aromatic heterocycles. The number of alkyl halides is 3. The number of anilines is 2. The van der Waals surface area contributed by atoms with E-state index in [2.05, 4.69) is 15.7 Å². The molecule has 0 spiro atoms. The van der Waals surface area contributed by atoms with Gasteiger partial charge in [0.05, 0.1) is 28.4 Å². The summed E-state index contributed by atoms with van der Waals surface area (Å²) in [6.45, 7) is 3.53. The van der Waals surface area contributed by atoms with Crippen molar-refractivity contribution >= 4 is 44.7 Å². The number of carbonyl (C=O) groups is 2. The number of hydrogen-bond donors (Lipinski definition) is 2. The average Bonchev–Trinajstić information content (AvgIpc) is 3.30. The van der Waals surface area contributed by atoms with Gasteiger partial charge < -0.3 is 10.6 Å². The van der Waals surface area contributed by atoms with Crippen LogP contribution in [0.15, 0.2) is 54.6 Å². The predicted octanol–water partition coefficient (Wildman–Crippen LogP) is 5.68. The Balaban J connectivity index is 1.63. The number of carbonyl (C=O) groups excluding carboxylic acids is 2. The highest BCUT2D eigenvalue weighted by atomic mass is 32.1. The van der Waals surface area contributed by atoms with Crippen molar-refractivity contribution < 1.29 is 22.8 Å². The van der Waals surface area contributed by atoms with Crippen molar-refractivity contribution in [1.82, 2.24) is 9.78 Å². The largest absolute Gasteiger partial charge is 0.418 e. The van der Waals surface area contributed by atoms with E-state index in [0.717, 1.165) is 33.6 Å². The number of hydrogen-bond acceptors (Lipinski definition) is 4. The number of benzene rings is 2. The summed E-state index contributed by atoms with van der Waals surface area (Å²) >= 11 is 1.17. The molecule has 0 fully saturated rings. The van der Waals surface area contributed by atoms with Crippen LogP contribution in [0.1, 0.15) is 33.4 Å². The molecule has 4 aromatic rings. The number of fused-ring (bicyclic) bond motifs is 1. The molecule has 2 heterocycles. The predicted molar refractivity (Wildman–Crippen MR) is 122 cm³/mol. The molecule has 0 saturated carbocycles. The molecule has 0 saturated heterocycles. The quantitative estimate of drug-likeness (QED) is 0.392. The van der Waals surface area contributed by atoms with Crippen molar-refractivity contribution in [3.05, 3.63) is 76.3 Å². The number of nitrogens with one attached hydrogen (secondary N) is 2. The molecule has 0 unspecified atom stereocenters. The Hall–Kier alpha value is -3.66. The summed E-state index contributed by atoms with van der Waals surface area (Å²) in [7, 11) is 0. The monoisotopic (exact) mass is 472 g/mol. The highest BCUT2D eigenvalue weighted by Crippen LogP contribution is 2.37. The Morgan fingerprint density at radius 1 is 1.06 bits per heavy atom. The molecule has 2 amide bonds. The lowest BCUT2D eigenvalue weighted by molar-refractivity contribution is -0.137. The smallest absolute Gasteiger partial charge is 0.326 e. The van der Waals surface area contributed by atoms with E-state index < -0.39 is 23.6 Å². The van der Waals surface area contributed by atoms with Gasteiger partial charge in [-0.05, 0) is 36.8 Å². The molecule has 2 aromatic carbocycles. The topological polar surface area (TPSA) is 76.0 Å². The van der Waals surface area contributed by atoms with Crippen LogP contribution >= 0.6 is 11.3 Å². The lowest BCUT2D eigenvalue weighted by atomic mass is 10.1. The lowest BCUT2D eigenvalue weighted by Crippen LogP contribution is -2.17. The Labute approximate surface area is 191 Å². The van der Waals surface area contributed by atoms with Crippen LogP contribution in [-0.4, -0.2) is 21.6 Å². The van der Waals surface area contributed by atoms with Crippen molar-refractivity contribution in [1.29, 1.82) is 0 Å². The molecule has 4 rings (SSSR count). The van der Waals surface area contributed by atoms with Crippen molar-refractivity contribution in [2.45, 2.75) is 26.6 Å². The number of nitrogens with zero attached hydrogens (tertiary/aromatic N) is 2. The minimum atomic E-state index is -4.72. The first-order valence-corrected chi connectivity index (χ1v) is 10.7. The minimum Gasteiger partial charge on any atom is -0.326 e. The van der Waals surface area contributed by atoms with Gasteiger partial charge in [-0.25, -0.2) is 0 Å². The average molecular weight is 472 g/mol. The number of amides is 2. The van der Waals surface area contributed by atoms with Gasteiger partial charge in [0.15, 0.2) is 0 Å². The second-order valence-corrected chi connectivity index (χ2v) is 8.48. The van der Waals surface area contributed by atoms with Gasteiger partial charge in [-0.1, -0.05) is 30.3 Å². The van der Waals surface area contributed by atoms with E-state index in [1.54, 1.807) is 10.7 Å². The molecular weight excluding hydrogens is 453 g/mol. The van der Waals surface area contributed by atoms with Gasteiger partial charge in [0.2, 0.25) is 5.91 Å². The van der Waals surface area contributed by atoms with Gasteiger partial charge in [-0.15, -0.1) is 11.3 Å². The summed E-state index contributed by atoms with van der Waals surface area (Å²) in [5.41, 5.74) is 0.324. The Bertz CT molecular complexity index is 1340. The van der Waals surface area contributed by atoms with Gasteiger partial charge in [0.25, 0.3) is 5.91 Å². The Morgan fingerprint density at radius 2 is 1.79 bits per heavy atom. The molecule has 6 nitrogen and oxygen atoms in total. The third-order valence-corrected chi connectivity index (χ3v) is 6.05. The van der Waals surface area contributed by atoms with Gasteiger partial charge in [-0.2, -0.15) is 18.3 Å². The highest BCUT2D eigenvalue weighted by Gasteiger charge is 2.34. The van der Waals surface area contributed by atoms with Crippen LogP contribution in [0.5, 0.6) is 0 Å². The molecule has 0 aliphatic heterocycles. The summed E-state index contributed by atoms with van der Waals surface area (Å²) in [6, 6.07) is 14.6. The summed E-state index contributed by atoms with van der Waals surface area (Å²) in [4.78, 5) is 25.1. The molecule has 33 heavy (non-hydrogen) atoms. The second-order valence-electron chi connectivity index (χ2n) is 7.45. The van der Waals surface area contributed by atoms with E-state index >= 15 is 0 Å². The SMILES string of the molecule is CC(=O)Nc1ccc(NC(=O)c2cc3c(C)nn(Cc4ccccc4)c3s2)c(C(F)(F)F)c1. The third-order valence-electron chi connectivity index (χ3n) is 4.90. The van der Waals surface area contributed by atoms with E-state index in [1.165, 1.54) is 24.3 Å². The van der Waals surface area contributed by atoms with Crippen molar-refractivity contribution in [2.24, 2.45) is 0 Å². The van der Waals surface area contributed by atoms with Crippen molar-refractivity contribution in [3.8, 4) is 0 Å². The highest BCUT2D eigenvalue weighted by molar-refractivity contribution is 7.20. The van der Waals surface area contributed by atoms with E-state index in [9.17, 15) is 22.8 Å².